The molecule has 1 N–H and O–H groups in total. The third-order valence-electron chi connectivity index (χ3n) is 1.35. The number of pyridine rings is 1. The molecule has 3 nitrogen and oxygen atoms in total. The van der Waals surface area contributed by atoms with Gasteiger partial charge < -0.3 is 4.98 Å². The molecule has 0 saturated heterocycles. The van der Waals surface area contributed by atoms with E-state index in [0.717, 1.165) is 11.5 Å². The molecule has 53 valence electrons. The van der Waals surface area contributed by atoms with Gasteiger partial charge in [-0.25, -0.2) is 9.97 Å². The summed E-state index contributed by atoms with van der Waals surface area (Å²) in [6.45, 7) is 0. The van der Waals surface area contributed by atoms with Gasteiger partial charge in [-0.3, -0.25) is 0 Å². The van der Waals surface area contributed by atoms with Crippen LogP contribution in [0.4, 0.5) is 0 Å². The smallest absolute Gasteiger partial charge is 0.155 e. The topological polar surface area (TPSA) is 41.6 Å². The van der Waals surface area contributed by atoms with Crippen molar-refractivity contribution < 1.29 is 0 Å². The summed E-state index contributed by atoms with van der Waals surface area (Å²) < 4.78 is 0. The third-order valence-corrected chi connectivity index (χ3v) is 1.35. The Bertz CT molecular complexity index is 312. The molecular formula is C8H6N3. The van der Waals surface area contributed by atoms with Crippen molar-refractivity contribution in [2.24, 2.45) is 0 Å². The SMILES string of the molecule is [c]1cccc(-c2ncc[nH]2)n1. The second-order valence-electron chi connectivity index (χ2n) is 2.09. The number of nitrogens with one attached hydrogen (secondary N) is 1. The average Bonchev–Trinajstić information content (AvgIpc) is 2.58. The normalized spacial score (nSPS) is 9.82. The van der Waals surface area contributed by atoms with E-state index in [1.54, 1.807) is 18.5 Å². The van der Waals surface area contributed by atoms with Crippen molar-refractivity contribution in [3.05, 3.63) is 36.8 Å². The number of rotatable bonds is 1. The zero-order valence-electron chi connectivity index (χ0n) is 5.78. The van der Waals surface area contributed by atoms with E-state index in [-0.39, 0.29) is 0 Å². The zero-order valence-corrected chi connectivity index (χ0v) is 5.78. The van der Waals surface area contributed by atoms with Crippen LogP contribution in [0.5, 0.6) is 0 Å². The molecule has 1 radical (unpaired) electrons. The van der Waals surface area contributed by atoms with Crippen molar-refractivity contribution in [2.45, 2.75) is 0 Å². The van der Waals surface area contributed by atoms with Crippen LogP contribution in [0, 0.1) is 6.20 Å². The molecule has 0 fully saturated rings. The van der Waals surface area contributed by atoms with Gasteiger partial charge in [0.05, 0.1) is 6.20 Å². The maximum Gasteiger partial charge on any atom is 0.155 e. The van der Waals surface area contributed by atoms with Crippen molar-refractivity contribution in [2.75, 3.05) is 0 Å². The molecule has 2 heterocycles. The van der Waals surface area contributed by atoms with Gasteiger partial charge in [0.25, 0.3) is 0 Å². The van der Waals surface area contributed by atoms with E-state index in [0.29, 0.717) is 0 Å². The Morgan fingerprint density at radius 2 is 2.45 bits per heavy atom. The zero-order chi connectivity index (χ0) is 7.52. The maximum absolute atomic E-state index is 4.05. The quantitative estimate of drug-likeness (QED) is 0.654. The average molecular weight is 144 g/mol. The Morgan fingerprint density at radius 1 is 1.45 bits per heavy atom. The molecule has 0 atom stereocenters. The van der Waals surface area contributed by atoms with Crippen LogP contribution in [0.2, 0.25) is 0 Å². The van der Waals surface area contributed by atoms with Crippen molar-refractivity contribution in [3.63, 3.8) is 0 Å². The first-order valence-electron chi connectivity index (χ1n) is 3.30. The van der Waals surface area contributed by atoms with Gasteiger partial charge in [0.15, 0.2) is 5.82 Å². The Morgan fingerprint density at radius 3 is 3.09 bits per heavy atom. The molecule has 0 aliphatic rings. The fourth-order valence-electron chi connectivity index (χ4n) is 0.864. The van der Waals surface area contributed by atoms with Gasteiger partial charge in [0.1, 0.15) is 5.69 Å². The van der Waals surface area contributed by atoms with Gasteiger partial charge in [0.2, 0.25) is 0 Å². The molecule has 3 heteroatoms. The number of imidazole rings is 1. The Balaban J connectivity index is 2.46. The van der Waals surface area contributed by atoms with Gasteiger partial charge in [-0.2, -0.15) is 0 Å². The molecule has 0 aliphatic carbocycles. The van der Waals surface area contributed by atoms with Crippen LogP contribution < -0.4 is 0 Å². The van der Waals surface area contributed by atoms with E-state index in [9.17, 15) is 0 Å². The van der Waals surface area contributed by atoms with Crippen molar-refractivity contribution in [3.8, 4) is 11.5 Å². The Labute approximate surface area is 64.1 Å². The molecule has 0 saturated carbocycles. The minimum absolute atomic E-state index is 0.779. The first-order valence-corrected chi connectivity index (χ1v) is 3.30. The molecule has 2 aromatic rings. The molecule has 2 aromatic heterocycles. The lowest BCUT2D eigenvalue weighted by atomic mass is 10.3. The van der Waals surface area contributed by atoms with Crippen LogP contribution >= 0.6 is 0 Å². The second-order valence-corrected chi connectivity index (χ2v) is 2.09. The van der Waals surface area contributed by atoms with Crippen molar-refractivity contribution in [1.29, 1.82) is 0 Å². The number of aromatic amines is 1. The summed E-state index contributed by atoms with van der Waals surface area (Å²) in [5, 5.41) is 0. The minimum atomic E-state index is 0.779. The van der Waals surface area contributed by atoms with E-state index < -0.39 is 0 Å². The highest BCUT2D eigenvalue weighted by molar-refractivity contribution is 5.47. The summed E-state index contributed by atoms with van der Waals surface area (Å²) in [7, 11) is 0. The molecule has 0 unspecified atom stereocenters. The lowest BCUT2D eigenvalue weighted by Crippen LogP contribution is -1.82. The predicted molar refractivity (Wildman–Crippen MR) is 40.7 cm³/mol. The van der Waals surface area contributed by atoms with E-state index in [1.807, 2.05) is 12.1 Å². The van der Waals surface area contributed by atoms with E-state index in [2.05, 4.69) is 21.1 Å². The highest BCUT2D eigenvalue weighted by Gasteiger charge is 1.97. The van der Waals surface area contributed by atoms with Crippen LogP contribution in [-0.4, -0.2) is 15.0 Å². The van der Waals surface area contributed by atoms with E-state index in [4.69, 9.17) is 0 Å². The van der Waals surface area contributed by atoms with Gasteiger partial charge in [-0.1, -0.05) is 6.07 Å². The van der Waals surface area contributed by atoms with Gasteiger partial charge >= 0.3 is 0 Å². The number of H-pyrrole nitrogens is 1. The molecule has 0 bridgehead atoms. The summed E-state index contributed by atoms with van der Waals surface area (Å²) in [4.78, 5) is 11.0. The lowest BCUT2D eigenvalue weighted by Gasteiger charge is -1.91. The van der Waals surface area contributed by atoms with Gasteiger partial charge in [-0.15, -0.1) is 0 Å². The van der Waals surface area contributed by atoms with Crippen molar-refractivity contribution in [1.82, 2.24) is 15.0 Å². The summed E-state index contributed by atoms with van der Waals surface area (Å²) in [6, 6.07) is 5.52. The van der Waals surface area contributed by atoms with E-state index >= 15 is 0 Å². The lowest BCUT2D eigenvalue weighted by molar-refractivity contribution is 1.22. The minimum Gasteiger partial charge on any atom is -0.343 e. The first kappa shape index (κ1) is 6.09. The number of aromatic nitrogens is 3. The van der Waals surface area contributed by atoms with Gasteiger partial charge in [0, 0.05) is 12.4 Å². The molecule has 0 spiro atoms. The first-order chi connectivity index (χ1) is 5.47. The standard InChI is InChI=1S/C8H6N3/c1-2-4-9-7(3-1)8-10-5-6-11-8/h1-3,5-6H,(H,10,11). The summed E-state index contributed by atoms with van der Waals surface area (Å²) in [6.07, 6.45) is 6.21. The summed E-state index contributed by atoms with van der Waals surface area (Å²) in [5.74, 6) is 0.779. The fourth-order valence-corrected chi connectivity index (χ4v) is 0.864. The molecule has 0 aliphatic heterocycles. The van der Waals surface area contributed by atoms with Crippen LogP contribution in [0.15, 0.2) is 30.6 Å². The summed E-state index contributed by atoms with van der Waals surface area (Å²) >= 11 is 0. The molecule has 0 amide bonds. The number of nitrogens with zero attached hydrogens (tertiary/aromatic N) is 2. The van der Waals surface area contributed by atoms with E-state index in [1.165, 1.54) is 0 Å². The van der Waals surface area contributed by atoms with Crippen LogP contribution in [0.25, 0.3) is 11.5 Å². The van der Waals surface area contributed by atoms with Crippen molar-refractivity contribution >= 4 is 0 Å². The number of hydrogen-bond acceptors (Lipinski definition) is 2. The third kappa shape index (κ3) is 1.12. The number of hydrogen-bond donors (Lipinski definition) is 1. The largest absolute Gasteiger partial charge is 0.343 e. The molecular weight excluding hydrogens is 138 g/mol. The fraction of sp³-hybridized carbons (Fsp3) is 0. The Hall–Kier alpha value is -1.64. The molecule has 2 rings (SSSR count). The predicted octanol–water partition coefficient (Wildman–Crippen LogP) is 1.27. The summed E-state index contributed by atoms with van der Waals surface area (Å²) in [5.41, 5.74) is 0.817. The maximum atomic E-state index is 4.05. The monoisotopic (exact) mass is 144 g/mol. The Kier molecular flexibility index (Phi) is 1.41. The highest BCUT2D eigenvalue weighted by atomic mass is 14.9. The second kappa shape index (κ2) is 2.54. The molecule has 11 heavy (non-hydrogen) atoms. The highest BCUT2D eigenvalue weighted by Crippen LogP contribution is 2.07. The van der Waals surface area contributed by atoms with Crippen LogP contribution in [-0.2, 0) is 0 Å². The van der Waals surface area contributed by atoms with Gasteiger partial charge in [-0.05, 0) is 12.1 Å². The van der Waals surface area contributed by atoms with Crippen LogP contribution in [0.3, 0.4) is 0 Å². The van der Waals surface area contributed by atoms with Crippen LogP contribution in [0.1, 0.15) is 0 Å². The molecule has 0 aromatic carbocycles.